The van der Waals surface area contributed by atoms with Gasteiger partial charge in [0, 0.05) is 17.5 Å². The van der Waals surface area contributed by atoms with Crippen LogP contribution in [0.3, 0.4) is 0 Å². The van der Waals surface area contributed by atoms with Crippen molar-refractivity contribution in [3.8, 4) is 5.75 Å². The number of nitrogens with zero attached hydrogens (tertiary/aromatic N) is 2. The minimum Gasteiger partial charge on any atom is -0.491 e. The molecular weight excluding hydrogens is 443 g/mol. The van der Waals surface area contributed by atoms with E-state index in [2.05, 4.69) is 0 Å². The van der Waals surface area contributed by atoms with Gasteiger partial charge < -0.3 is 19.0 Å². The first-order valence-corrected chi connectivity index (χ1v) is 11.9. The van der Waals surface area contributed by atoms with Gasteiger partial charge in [-0.05, 0) is 73.2 Å². The van der Waals surface area contributed by atoms with Crippen LogP contribution >= 0.6 is 11.3 Å². The first-order valence-electron chi connectivity index (χ1n) is 11.1. The zero-order chi connectivity index (χ0) is 23.4. The Morgan fingerprint density at radius 1 is 1.27 bits per heavy atom. The van der Waals surface area contributed by atoms with Crippen molar-refractivity contribution < 1.29 is 23.1 Å². The normalized spacial score (nSPS) is 16.2. The van der Waals surface area contributed by atoms with Crippen molar-refractivity contribution in [1.82, 2.24) is 9.80 Å². The molecule has 33 heavy (non-hydrogen) atoms. The van der Waals surface area contributed by atoms with Gasteiger partial charge in [-0.1, -0.05) is 6.92 Å². The molecular formula is C25H27FN2O4S. The number of halogens is 1. The van der Waals surface area contributed by atoms with E-state index in [1.165, 1.54) is 23.3 Å². The van der Waals surface area contributed by atoms with Gasteiger partial charge in [-0.25, -0.2) is 4.39 Å². The van der Waals surface area contributed by atoms with Crippen molar-refractivity contribution in [3.63, 3.8) is 0 Å². The standard InChI is InChI=1S/C25H27FN2O4S/c1-3-17(2)28(25(30)22-5-4-13-31-22)15-24(29)27-12-10-23-20(11-14-33-23)21(27)16-32-19-8-6-18(26)7-9-19/h4-9,11,13-14,17,21H,3,10,12,15-16H2,1-2H3/t17-,21+/m0/s1. The van der Waals surface area contributed by atoms with E-state index in [4.69, 9.17) is 9.15 Å². The average Bonchev–Trinajstić information content (AvgIpc) is 3.53. The molecule has 4 rings (SSSR count). The van der Waals surface area contributed by atoms with E-state index in [0.29, 0.717) is 18.7 Å². The molecule has 0 saturated heterocycles. The number of carbonyl (C=O) groups excluding carboxylic acids is 2. The molecule has 2 aromatic heterocycles. The molecule has 2 atom stereocenters. The van der Waals surface area contributed by atoms with E-state index in [1.54, 1.807) is 45.4 Å². The van der Waals surface area contributed by atoms with Crippen molar-refractivity contribution in [2.45, 2.75) is 38.8 Å². The lowest BCUT2D eigenvalue weighted by Gasteiger charge is -2.38. The second-order valence-electron chi connectivity index (χ2n) is 8.08. The highest BCUT2D eigenvalue weighted by Crippen LogP contribution is 2.34. The van der Waals surface area contributed by atoms with Crippen LogP contribution in [0, 0.1) is 5.82 Å². The average molecular weight is 471 g/mol. The monoisotopic (exact) mass is 470 g/mol. The number of fused-ring (bicyclic) bond motifs is 1. The lowest BCUT2D eigenvalue weighted by atomic mass is 10.00. The fourth-order valence-corrected chi connectivity index (χ4v) is 4.94. The molecule has 1 aliphatic rings. The summed E-state index contributed by atoms with van der Waals surface area (Å²) in [4.78, 5) is 31.1. The van der Waals surface area contributed by atoms with Crippen LogP contribution in [-0.2, 0) is 11.2 Å². The number of hydrogen-bond donors (Lipinski definition) is 0. The second kappa shape index (κ2) is 10.2. The van der Waals surface area contributed by atoms with E-state index < -0.39 is 0 Å². The largest absolute Gasteiger partial charge is 0.491 e. The Hall–Kier alpha value is -3.13. The molecule has 0 unspecified atom stereocenters. The third-order valence-corrected chi connectivity index (χ3v) is 7.05. The van der Waals surface area contributed by atoms with E-state index in [1.807, 2.05) is 25.3 Å². The molecule has 0 radical (unpaired) electrons. The molecule has 174 valence electrons. The molecule has 1 aliphatic heterocycles. The number of furan rings is 1. The van der Waals surface area contributed by atoms with Gasteiger partial charge in [-0.3, -0.25) is 9.59 Å². The van der Waals surface area contributed by atoms with E-state index in [-0.39, 0.29) is 48.6 Å². The molecule has 2 amide bonds. The minimum atomic E-state index is -0.330. The van der Waals surface area contributed by atoms with Crippen LogP contribution in [0.15, 0.2) is 58.5 Å². The van der Waals surface area contributed by atoms with E-state index in [0.717, 1.165) is 12.0 Å². The molecule has 1 aromatic carbocycles. The Kier molecular flexibility index (Phi) is 7.13. The number of thiophene rings is 1. The number of ether oxygens (including phenoxy) is 1. The topological polar surface area (TPSA) is 63.0 Å². The summed E-state index contributed by atoms with van der Waals surface area (Å²) in [5.41, 5.74) is 1.06. The summed E-state index contributed by atoms with van der Waals surface area (Å²) in [6, 6.07) is 10.7. The number of hydrogen-bond acceptors (Lipinski definition) is 5. The van der Waals surface area contributed by atoms with E-state index in [9.17, 15) is 14.0 Å². The van der Waals surface area contributed by atoms with Crippen LogP contribution < -0.4 is 4.74 Å². The van der Waals surface area contributed by atoms with Crippen molar-refractivity contribution in [2.24, 2.45) is 0 Å². The summed E-state index contributed by atoms with van der Waals surface area (Å²) in [7, 11) is 0. The van der Waals surface area contributed by atoms with Gasteiger partial charge in [0.25, 0.3) is 5.91 Å². The van der Waals surface area contributed by atoms with Crippen LogP contribution in [0.5, 0.6) is 5.75 Å². The summed E-state index contributed by atoms with van der Waals surface area (Å²) >= 11 is 1.67. The van der Waals surface area contributed by atoms with Gasteiger partial charge in [0.2, 0.25) is 5.91 Å². The highest BCUT2D eigenvalue weighted by atomic mass is 32.1. The number of carbonyl (C=O) groups is 2. The SMILES string of the molecule is CC[C@H](C)N(CC(=O)N1CCc2sccc2[C@H]1COc1ccc(F)cc1)C(=O)c1ccco1. The Bertz CT molecular complexity index is 1080. The Morgan fingerprint density at radius 3 is 2.76 bits per heavy atom. The third kappa shape index (κ3) is 5.11. The van der Waals surface area contributed by atoms with Crippen LogP contribution in [0.2, 0.25) is 0 Å². The van der Waals surface area contributed by atoms with Crippen molar-refractivity contribution in [2.75, 3.05) is 19.7 Å². The fourth-order valence-electron chi connectivity index (χ4n) is 4.01. The maximum Gasteiger partial charge on any atom is 0.290 e. The first kappa shape index (κ1) is 23.0. The van der Waals surface area contributed by atoms with Gasteiger partial charge in [-0.15, -0.1) is 11.3 Å². The lowest BCUT2D eigenvalue weighted by molar-refractivity contribution is -0.136. The molecule has 8 heteroatoms. The van der Waals surface area contributed by atoms with Gasteiger partial charge in [-0.2, -0.15) is 0 Å². The number of benzene rings is 1. The maximum absolute atomic E-state index is 13.5. The molecule has 0 aliphatic carbocycles. The molecule has 0 N–H and O–H groups in total. The zero-order valence-electron chi connectivity index (χ0n) is 18.7. The number of rotatable bonds is 8. The summed E-state index contributed by atoms with van der Waals surface area (Å²) in [6.45, 7) is 4.66. The Balaban J connectivity index is 1.53. The van der Waals surface area contributed by atoms with Crippen molar-refractivity contribution >= 4 is 23.2 Å². The molecule has 0 saturated carbocycles. The summed E-state index contributed by atoms with van der Waals surface area (Å²) in [5, 5.41) is 2.02. The van der Waals surface area contributed by atoms with Crippen LogP contribution in [0.4, 0.5) is 4.39 Å². The molecule has 0 spiro atoms. The first-order chi connectivity index (χ1) is 16.0. The van der Waals surface area contributed by atoms with Gasteiger partial charge >= 0.3 is 0 Å². The van der Waals surface area contributed by atoms with Crippen LogP contribution in [0.25, 0.3) is 0 Å². The maximum atomic E-state index is 13.5. The quantitative estimate of drug-likeness (QED) is 0.469. The summed E-state index contributed by atoms with van der Waals surface area (Å²) in [6.07, 6.45) is 2.93. The Morgan fingerprint density at radius 2 is 2.06 bits per heavy atom. The van der Waals surface area contributed by atoms with Crippen LogP contribution in [-0.4, -0.2) is 47.4 Å². The highest BCUT2D eigenvalue weighted by Gasteiger charge is 2.34. The summed E-state index contributed by atoms with van der Waals surface area (Å²) in [5.74, 6) is -0.00320. The van der Waals surface area contributed by atoms with Gasteiger partial charge in [0.1, 0.15) is 24.7 Å². The fraction of sp³-hybridized carbons (Fsp3) is 0.360. The van der Waals surface area contributed by atoms with Gasteiger partial charge in [0.05, 0.1) is 12.3 Å². The predicted octanol–water partition coefficient (Wildman–Crippen LogP) is 4.93. The second-order valence-corrected chi connectivity index (χ2v) is 9.09. The molecule has 3 aromatic rings. The zero-order valence-corrected chi connectivity index (χ0v) is 19.5. The van der Waals surface area contributed by atoms with Crippen molar-refractivity contribution in [1.29, 1.82) is 0 Å². The van der Waals surface area contributed by atoms with E-state index >= 15 is 0 Å². The number of amides is 2. The summed E-state index contributed by atoms with van der Waals surface area (Å²) < 4.78 is 24.5. The smallest absolute Gasteiger partial charge is 0.290 e. The Labute approximate surface area is 196 Å². The lowest BCUT2D eigenvalue weighted by Crippen LogP contribution is -2.49. The van der Waals surface area contributed by atoms with Crippen LogP contribution in [0.1, 0.15) is 47.3 Å². The van der Waals surface area contributed by atoms with Gasteiger partial charge in [0.15, 0.2) is 5.76 Å². The molecule has 0 fully saturated rings. The third-order valence-electron chi connectivity index (χ3n) is 6.06. The predicted molar refractivity (Wildman–Crippen MR) is 124 cm³/mol. The molecule has 3 heterocycles. The van der Waals surface area contributed by atoms with Crippen molar-refractivity contribution in [3.05, 3.63) is 76.1 Å². The molecule has 6 nitrogen and oxygen atoms in total. The molecule has 0 bridgehead atoms. The highest BCUT2D eigenvalue weighted by molar-refractivity contribution is 7.10. The minimum absolute atomic E-state index is 0.0406.